The van der Waals surface area contributed by atoms with E-state index in [2.05, 4.69) is 21.4 Å². The highest BCUT2D eigenvalue weighted by Gasteiger charge is 2.21. The standard InChI is InChI=1S/C15H14N4OS2/c16-8-11-10-4-1-2-5-12(10)22-14(11)19-13(20)9-21-15-17-6-3-7-18-15/h3,6-7H,1-2,4-5,9H2,(H,19,20). The summed E-state index contributed by atoms with van der Waals surface area (Å²) in [5.74, 6) is 0.102. The number of hydrogen-bond acceptors (Lipinski definition) is 6. The second kappa shape index (κ2) is 6.90. The third-order valence-corrected chi connectivity index (χ3v) is 5.49. The minimum absolute atomic E-state index is 0.132. The van der Waals surface area contributed by atoms with Gasteiger partial charge < -0.3 is 5.32 Å². The van der Waals surface area contributed by atoms with Crippen LogP contribution in [0, 0.1) is 11.3 Å². The van der Waals surface area contributed by atoms with Gasteiger partial charge in [0, 0.05) is 17.3 Å². The van der Waals surface area contributed by atoms with Gasteiger partial charge in [-0.25, -0.2) is 9.97 Å². The van der Waals surface area contributed by atoms with Crippen molar-refractivity contribution in [2.24, 2.45) is 0 Å². The first kappa shape index (κ1) is 15.0. The summed E-state index contributed by atoms with van der Waals surface area (Å²) in [5, 5.41) is 13.5. The van der Waals surface area contributed by atoms with Crippen molar-refractivity contribution in [1.29, 1.82) is 5.26 Å². The first-order valence-corrected chi connectivity index (χ1v) is 8.82. The molecule has 1 aliphatic rings. The molecular weight excluding hydrogens is 316 g/mol. The Morgan fingerprint density at radius 2 is 2.14 bits per heavy atom. The molecule has 0 spiro atoms. The van der Waals surface area contributed by atoms with Crippen molar-refractivity contribution in [3.8, 4) is 6.07 Å². The molecule has 0 bridgehead atoms. The van der Waals surface area contributed by atoms with Gasteiger partial charge >= 0.3 is 0 Å². The molecule has 0 saturated heterocycles. The van der Waals surface area contributed by atoms with E-state index in [1.54, 1.807) is 29.8 Å². The molecule has 1 N–H and O–H groups in total. The number of fused-ring (bicyclic) bond motifs is 1. The van der Waals surface area contributed by atoms with Crippen molar-refractivity contribution >= 4 is 34.0 Å². The minimum atomic E-state index is -0.132. The van der Waals surface area contributed by atoms with E-state index in [0.29, 0.717) is 15.7 Å². The van der Waals surface area contributed by atoms with Gasteiger partial charge in [0.15, 0.2) is 5.16 Å². The molecule has 0 aliphatic heterocycles. The van der Waals surface area contributed by atoms with Crippen LogP contribution in [0.4, 0.5) is 5.00 Å². The Labute approximate surface area is 136 Å². The zero-order valence-corrected chi connectivity index (χ0v) is 13.5. The van der Waals surface area contributed by atoms with Gasteiger partial charge in [0.1, 0.15) is 11.1 Å². The number of aryl methyl sites for hydroxylation is 1. The molecule has 2 aromatic rings. The van der Waals surface area contributed by atoms with E-state index in [1.165, 1.54) is 16.6 Å². The molecule has 112 valence electrons. The first-order valence-electron chi connectivity index (χ1n) is 7.02. The maximum Gasteiger partial charge on any atom is 0.235 e. The lowest BCUT2D eigenvalue weighted by Crippen LogP contribution is -2.14. The number of nitriles is 1. The highest BCUT2D eigenvalue weighted by Crippen LogP contribution is 2.37. The van der Waals surface area contributed by atoms with Crippen LogP contribution in [0.1, 0.15) is 28.8 Å². The van der Waals surface area contributed by atoms with Crippen molar-refractivity contribution in [2.75, 3.05) is 11.1 Å². The predicted molar refractivity (Wildman–Crippen MR) is 87.1 cm³/mol. The van der Waals surface area contributed by atoms with Crippen LogP contribution in [0.5, 0.6) is 0 Å². The quantitative estimate of drug-likeness (QED) is 0.688. The van der Waals surface area contributed by atoms with Gasteiger partial charge in [0.2, 0.25) is 5.91 Å². The van der Waals surface area contributed by atoms with Crippen molar-refractivity contribution in [2.45, 2.75) is 30.8 Å². The summed E-state index contributed by atoms with van der Waals surface area (Å²) in [6.07, 6.45) is 7.52. The molecule has 0 saturated carbocycles. The first-order chi connectivity index (χ1) is 10.8. The molecule has 1 amide bonds. The fourth-order valence-electron chi connectivity index (χ4n) is 2.42. The molecule has 0 atom stereocenters. The van der Waals surface area contributed by atoms with Crippen LogP contribution in [-0.4, -0.2) is 21.6 Å². The number of thioether (sulfide) groups is 1. The summed E-state index contributed by atoms with van der Waals surface area (Å²) in [4.78, 5) is 21.5. The second-order valence-corrected chi connectivity index (χ2v) is 6.94. The number of rotatable bonds is 4. The molecule has 5 nitrogen and oxygen atoms in total. The third-order valence-electron chi connectivity index (χ3n) is 3.41. The Hall–Kier alpha value is -1.91. The maximum absolute atomic E-state index is 12.1. The van der Waals surface area contributed by atoms with E-state index in [1.807, 2.05) is 0 Å². The van der Waals surface area contributed by atoms with Gasteiger partial charge in [-0.05, 0) is 37.3 Å². The molecule has 0 unspecified atom stereocenters. The Bertz CT molecular complexity index is 721. The van der Waals surface area contributed by atoms with Gasteiger partial charge in [0.25, 0.3) is 0 Å². The van der Waals surface area contributed by atoms with E-state index >= 15 is 0 Å². The van der Waals surface area contributed by atoms with E-state index < -0.39 is 0 Å². The Kier molecular flexibility index (Phi) is 4.71. The van der Waals surface area contributed by atoms with Crippen molar-refractivity contribution < 1.29 is 4.79 Å². The lowest BCUT2D eigenvalue weighted by Gasteiger charge is -2.09. The van der Waals surface area contributed by atoms with E-state index in [-0.39, 0.29) is 11.7 Å². The van der Waals surface area contributed by atoms with Crippen LogP contribution >= 0.6 is 23.1 Å². The number of carbonyl (C=O) groups excluding carboxylic acids is 1. The monoisotopic (exact) mass is 330 g/mol. The number of hydrogen-bond donors (Lipinski definition) is 1. The summed E-state index contributed by atoms with van der Waals surface area (Å²) in [7, 11) is 0. The van der Waals surface area contributed by atoms with Gasteiger partial charge in [0.05, 0.1) is 11.3 Å². The highest BCUT2D eigenvalue weighted by atomic mass is 32.2. The van der Waals surface area contributed by atoms with Crippen molar-refractivity contribution in [1.82, 2.24) is 9.97 Å². The molecule has 0 aromatic carbocycles. The van der Waals surface area contributed by atoms with Crippen LogP contribution in [-0.2, 0) is 17.6 Å². The third kappa shape index (κ3) is 3.29. The summed E-state index contributed by atoms with van der Waals surface area (Å²) in [6.45, 7) is 0. The minimum Gasteiger partial charge on any atom is -0.316 e. The molecule has 7 heteroatoms. The Morgan fingerprint density at radius 1 is 1.36 bits per heavy atom. The highest BCUT2D eigenvalue weighted by molar-refractivity contribution is 7.99. The zero-order valence-electron chi connectivity index (χ0n) is 11.8. The molecule has 0 radical (unpaired) electrons. The molecule has 2 heterocycles. The lowest BCUT2D eigenvalue weighted by atomic mass is 9.96. The number of carbonyl (C=O) groups is 1. The smallest absolute Gasteiger partial charge is 0.235 e. The molecule has 0 fully saturated rings. The average Bonchev–Trinajstić information content (AvgIpc) is 2.91. The van der Waals surface area contributed by atoms with Crippen LogP contribution in [0.2, 0.25) is 0 Å². The number of amides is 1. The van der Waals surface area contributed by atoms with Crippen LogP contribution < -0.4 is 5.32 Å². The van der Waals surface area contributed by atoms with Gasteiger partial charge in [-0.15, -0.1) is 11.3 Å². The molecule has 3 rings (SSSR count). The Balaban J connectivity index is 1.67. The van der Waals surface area contributed by atoms with E-state index in [0.717, 1.165) is 31.2 Å². The van der Waals surface area contributed by atoms with E-state index in [4.69, 9.17) is 0 Å². The summed E-state index contributed by atoms with van der Waals surface area (Å²) in [6, 6.07) is 3.98. The number of anilines is 1. The van der Waals surface area contributed by atoms with Crippen molar-refractivity contribution in [3.05, 3.63) is 34.5 Å². The van der Waals surface area contributed by atoms with Crippen LogP contribution in [0.25, 0.3) is 0 Å². The second-order valence-electron chi connectivity index (χ2n) is 4.90. The fraction of sp³-hybridized carbons (Fsp3) is 0.333. The zero-order chi connectivity index (χ0) is 15.4. The molecule has 1 aliphatic carbocycles. The number of nitrogens with zero attached hydrogens (tertiary/aromatic N) is 3. The number of nitrogens with one attached hydrogen (secondary N) is 1. The van der Waals surface area contributed by atoms with E-state index in [9.17, 15) is 10.1 Å². The van der Waals surface area contributed by atoms with Crippen molar-refractivity contribution in [3.63, 3.8) is 0 Å². The van der Waals surface area contributed by atoms with Crippen LogP contribution in [0.3, 0.4) is 0 Å². The van der Waals surface area contributed by atoms with Gasteiger partial charge in [-0.3, -0.25) is 4.79 Å². The number of thiophene rings is 1. The van der Waals surface area contributed by atoms with Gasteiger partial charge in [-0.1, -0.05) is 11.8 Å². The summed E-state index contributed by atoms with van der Waals surface area (Å²) < 4.78 is 0. The summed E-state index contributed by atoms with van der Waals surface area (Å²) in [5.41, 5.74) is 1.78. The average molecular weight is 330 g/mol. The molecule has 2 aromatic heterocycles. The number of aromatic nitrogens is 2. The summed E-state index contributed by atoms with van der Waals surface area (Å²) >= 11 is 2.83. The fourth-order valence-corrected chi connectivity index (χ4v) is 4.28. The molecular formula is C15H14N4OS2. The maximum atomic E-state index is 12.1. The Morgan fingerprint density at radius 3 is 2.91 bits per heavy atom. The lowest BCUT2D eigenvalue weighted by molar-refractivity contribution is -0.113. The predicted octanol–water partition coefficient (Wildman–Crippen LogP) is 3.02. The largest absolute Gasteiger partial charge is 0.316 e. The molecule has 22 heavy (non-hydrogen) atoms. The SMILES string of the molecule is N#Cc1c(NC(=O)CSc2ncccn2)sc2c1CCCC2. The normalized spacial score (nSPS) is 13.2. The van der Waals surface area contributed by atoms with Gasteiger partial charge in [-0.2, -0.15) is 5.26 Å². The topological polar surface area (TPSA) is 78.7 Å². The van der Waals surface area contributed by atoms with Crippen LogP contribution in [0.15, 0.2) is 23.6 Å².